The van der Waals surface area contributed by atoms with Gasteiger partial charge in [0.15, 0.2) is 6.10 Å². The number of esters is 3. The fourth-order valence-electron chi connectivity index (χ4n) is 7.60. The van der Waals surface area contributed by atoms with Crippen LogP contribution in [0.1, 0.15) is 271 Å². The highest BCUT2D eigenvalue weighted by atomic mass is 16.6. The van der Waals surface area contributed by atoms with E-state index in [0.717, 1.165) is 96.3 Å². The number of allylic oxidation sites excluding steroid dienone is 10. The first-order valence-electron chi connectivity index (χ1n) is 27.3. The number of carbonyl (C=O) groups is 3. The van der Waals surface area contributed by atoms with Crippen molar-refractivity contribution in [2.45, 2.75) is 277 Å². The van der Waals surface area contributed by atoms with Crippen LogP contribution in [0, 0.1) is 0 Å². The van der Waals surface area contributed by atoms with Gasteiger partial charge in [-0.2, -0.15) is 0 Å². The van der Waals surface area contributed by atoms with Gasteiger partial charge in [-0.1, -0.05) is 223 Å². The lowest BCUT2D eigenvalue weighted by Gasteiger charge is -2.18. The minimum absolute atomic E-state index is 0.0858. The second-order valence-corrected chi connectivity index (χ2v) is 18.1. The van der Waals surface area contributed by atoms with Crippen molar-refractivity contribution < 1.29 is 28.6 Å². The molecule has 0 aliphatic carbocycles. The van der Waals surface area contributed by atoms with E-state index in [2.05, 4.69) is 81.5 Å². The maximum absolute atomic E-state index is 12.8. The molecule has 0 amide bonds. The van der Waals surface area contributed by atoms with Gasteiger partial charge < -0.3 is 14.2 Å². The summed E-state index contributed by atoms with van der Waals surface area (Å²) in [6, 6.07) is 0. The minimum Gasteiger partial charge on any atom is -0.462 e. The fourth-order valence-corrected chi connectivity index (χ4v) is 7.60. The largest absolute Gasteiger partial charge is 0.462 e. The molecule has 0 aromatic carbocycles. The zero-order valence-electron chi connectivity index (χ0n) is 42.3. The Morgan fingerprint density at radius 1 is 0.312 bits per heavy atom. The molecule has 0 aliphatic heterocycles. The summed E-state index contributed by atoms with van der Waals surface area (Å²) in [5, 5.41) is 0. The zero-order chi connectivity index (χ0) is 46.5. The molecule has 0 N–H and O–H groups in total. The van der Waals surface area contributed by atoms with Crippen LogP contribution in [-0.2, 0) is 28.6 Å². The molecule has 0 bridgehead atoms. The topological polar surface area (TPSA) is 78.9 Å². The molecule has 0 aliphatic rings. The molecular weight excluding hydrogens is 793 g/mol. The van der Waals surface area contributed by atoms with Crippen molar-refractivity contribution in [3.05, 3.63) is 60.8 Å². The molecule has 64 heavy (non-hydrogen) atoms. The molecule has 6 heteroatoms. The Balaban J connectivity index is 4.42. The smallest absolute Gasteiger partial charge is 0.306 e. The summed E-state index contributed by atoms with van der Waals surface area (Å²) in [5.74, 6) is -0.919. The Kier molecular flexibility index (Phi) is 50.4. The van der Waals surface area contributed by atoms with Crippen LogP contribution in [0.4, 0.5) is 0 Å². The highest BCUT2D eigenvalue weighted by Crippen LogP contribution is 2.15. The lowest BCUT2D eigenvalue weighted by atomic mass is 10.0. The molecule has 0 fully saturated rings. The van der Waals surface area contributed by atoms with Crippen LogP contribution >= 0.6 is 0 Å². The van der Waals surface area contributed by atoms with Gasteiger partial charge in [0, 0.05) is 19.3 Å². The number of rotatable bonds is 49. The first kappa shape index (κ1) is 61.1. The van der Waals surface area contributed by atoms with Crippen molar-refractivity contribution in [1.29, 1.82) is 0 Å². The van der Waals surface area contributed by atoms with Crippen LogP contribution in [0.3, 0.4) is 0 Å². The number of carbonyl (C=O) groups excluding carboxylic acids is 3. The summed E-state index contributed by atoms with van der Waals surface area (Å²) in [4.78, 5) is 38.0. The molecular formula is C58H102O6. The van der Waals surface area contributed by atoms with Gasteiger partial charge >= 0.3 is 17.9 Å². The number of unbranched alkanes of at least 4 members (excludes halogenated alkanes) is 28. The molecule has 0 spiro atoms. The molecule has 0 saturated heterocycles. The molecule has 0 aromatic heterocycles. The molecule has 1 atom stereocenters. The van der Waals surface area contributed by atoms with Crippen molar-refractivity contribution in [3.63, 3.8) is 0 Å². The van der Waals surface area contributed by atoms with Crippen LogP contribution in [0.5, 0.6) is 0 Å². The average Bonchev–Trinajstić information content (AvgIpc) is 3.29. The third-order valence-electron chi connectivity index (χ3n) is 11.7. The van der Waals surface area contributed by atoms with Crippen molar-refractivity contribution in [2.75, 3.05) is 13.2 Å². The van der Waals surface area contributed by atoms with Crippen molar-refractivity contribution >= 4 is 17.9 Å². The number of ether oxygens (including phenoxy) is 3. The molecule has 0 rings (SSSR count). The maximum atomic E-state index is 12.8. The Labute approximate surface area is 396 Å². The van der Waals surface area contributed by atoms with Gasteiger partial charge in [-0.25, -0.2) is 0 Å². The SMILES string of the molecule is CCCCC/C=C\C/C=C\C/C=C\C/C=C\CCCCCC(=O)OC[C@H](COC(=O)CCCCCCCCCCCCCC)OC(=O)CCCCCCC/C=C\CCCCCCCC. The Morgan fingerprint density at radius 2 is 0.562 bits per heavy atom. The Hall–Kier alpha value is -2.89. The van der Waals surface area contributed by atoms with E-state index < -0.39 is 6.10 Å². The van der Waals surface area contributed by atoms with E-state index in [9.17, 15) is 14.4 Å². The third kappa shape index (κ3) is 50.1. The van der Waals surface area contributed by atoms with Crippen LogP contribution < -0.4 is 0 Å². The van der Waals surface area contributed by atoms with Gasteiger partial charge in [-0.05, 0) is 89.9 Å². The number of hydrogen-bond donors (Lipinski definition) is 0. The van der Waals surface area contributed by atoms with Gasteiger partial charge in [-0.3, -0.25) is 14.4 Å². The summed E-state index contributed by atoms with van der Waals surface area (Å²) < 4.78 is 16.8. The van der Waals surface area contributed by atoms with E-state index in [0.29, 0.717) is 19.3 Å². The van der Waals surface area contributed by atoms with E-state index in [1.165, 1.54) is 135 Å². The molecule has 0 radical (unpaired) electrons. The standard InChI is InChI=1S/C58H102O6/c1-4-7-10-13-16-19-22-25-27-28-29-30-32-33-36-39-42-45-48-51-57(60)63-54-55(53-62-56(59)50-47-44-41-38-35-24-21-18-15-12-9-6-3)64-58(61)52-49-46-43-40-37-34-31-26-23-20-17-14-11-8-5-2/h16,19,25-27,29-31,33,36,55H,4-15,17-18,20-24,28,32,34-35,37-54H2,1-3H3/b19-16-,27-25-,30-29-,31-26-,36-33-/t55-/m0/s1. The summed E-state index contributed by atoms with van der Waals surface area (Å²) in [6.45, 7) is 6.58. The molecule has 370 valence electrons. The second-order valence-electron chi connectivity index (χ2n) is 18.1. The second kappa shape index (κ2) is 52.7. The first-order valence-corrected chi connectivity index (χ1v) is 27.3. The fraction of sp³-hybridized carbons (Fsp3) is 0.776. The monoisotopic (exact) mass is 895 g/mol. The minimum atomic E-state index is -0.789. The van der Waals surface area contributed by atoms with Crippen LogP contribution in [0.15, 0.2) is 60.8 Å². The average molecular weight is 895 g/mol. The van der Waals surface area contributed by atoms with Gasteiger partial charge in [0.05, 0.1) is 0 Å². The van der Waals surface area contributed by atoms with Gasteiger partial charge in [0.25, 0.3) is 0 Å². The third-order valence-corrected chi connectivity index (χ3v) is 11.7. The predicted molar refractivity (Wildman–Crippen MR) is 275 cm³/mol. The van der Waals surface area contributed by atoms with E-state index >= 15 is 0 Å². The number of hydrogen-bond acceptors (Lipinski definition) is 6. The highest BCUT2D eigenvalue weighted by molar-refractivity contribution is 5.71. The van der Waals surface area contributed by atoms with Crippen molar-refractivity contribution in [1.82, 2.24) is 0 Å². The summed E-state index contributed by atoms with van der Waals surface area (Å²) in [6.07, 6.45) is 64.9. The van der Waals surface area contributed by atoms with E-state index in [-0.39, 0.29) is 31.1 Å². The van der Waals surface area contributed by atoms with E-state index in [1.54, 1.807) is 0 Å². The summed E-state index contributed by atoms with van der Waals surface area (Å²) >= 11 is 0. The molecule has 0 saturated carbocycles. The van der Waals surface area contributed by atoms with Crippen LogP contribution in [-0.4, -0.2) is 37.2 Å². The quantitative estimate of drug-likeness (QED) is 0.0262. The van der Waals surface area contributed by atoms with E-state index in [4.69, 9.17) is 14.2 Å². The van der Waals surface area contributed by atoms with Gasteiger partial charge in [0.1, 0.15) is 13.2 Å². The lowest BCUT2D eigenvalue weighted by molar-refractivity contribution is -0.167. The highest BCUT2D eigenvalue weighted by Gasteiger charge is 2.19. The van der Waals surface area contributed by atoms with Crippen molar-refractivity contribution in [2.24, 2.45) is 0 Å². The Bertz CT molecular complexity index is 1170. The van der Waals surface area contributed by atoms with Crippen LogP contribution in [0.2, 0.25) is 0 Å². The first-order chi connectivity index (χ1) is 31.5. The zero-order valence-corrected chi connectivity index (χ0v) is 42.3. The maximum Gasteiger partial charge on any atom is 0.306 e. The molecule has 0 aromatic rings. The Morgan fingerprint density at radius 3 is 0.938 bits per heavy atom. The predicted octanol–water partition coefficient (Wildman–Crippen LogP) is 18.0. The normalized spacial score (nSPS) is 12.5. The van der Waals surface area contributed by atoms with E-state index in [1.807, 2.05) is 0 Å². The summed E-state index contributed by atoms with van der Waals surface area (Å²) in [5.41, 5.74) is 0. The van der Waals surface area contributed by atoms with Crippen molar-refractivity contribution in [3.8, 4) is 0 Å². The van der Waals surface area contributed by atoms with Gasteiger partial charge in [-0.15, -0.1) is 0 Å². The molecule has 0 unspecified atom stereocenters. The molecule has 6 nitrogen and oxygen atoms in total. The summed E-state index contributed by atoms with van der Waals surface area (Å²) in [7, 11) is 0. The van der Waals surface area contributed by atoms with Crippen LogP contribution in [0.25, 0.3) is 0 Å². The van der Waals surface area contributed by atoms with Gasteiger partial charge in [0.2, 0.25) is 0 Å². The lowest BCUT2D eigenvalue weighted by Crippen LogP contribution is -2.30. The molecule has 0 heterocycles.